The minimum atomic E-state index is -0.130. The molecule has 4 rings (SSSR count). The van der Waals surface area contributed by atoms with Crippen molar-refractivity contribution >= 4 is 34.3 Å². The Kier molecular flexibility index (Phi) is 7.92. The number of aromatic nitrogens is 2. The van der Waals surface area contributed by atoms with Gasteiger partial charge in [0.1, 0.15) is 5.82 Å². The molecule has 3 aromatic rings. The number of piperazine rings is 1. The van der Waals surface area contributed by atoms with Gasteiger partial charge in [-0.2, -0.15) is 4.37 Å². The molecular weight excluding hydrogens is 444 g/mol. The van der Waals surface area contributed by atoms with Gasteiger partial charge in [0.05, 0.1) is 0 Å². The van der Waals surface area contributed by atoms with Crippen molar-refractivity contribution < 1.29 is 4.79 Å². The zero-order valence-corrected chi connectivity index (χ0v) is 19.4. The fraction of sp³-hybridized carbons (Fsp3) is 0.348. The smallest absolute Gasteiger partial charge is 0.315 e. The molecule has 0 aliphatic carbocycles. The zero-order valence-electron chi connectivity index (χ0n) is 17.8. The van der Waals surface area contributed by atoms with Crippen molar-refractivity contribution in [3.63, 3.8) is 0 Å². The van der Waals surface area contributed by atoms with E-state index >= 15 is 0 Å². The number of hydrogen-bond donors (Lipinski definition) is 2. The molecular formula is C23H27ClN6OS. The highest BCUT2D eigenvalue weighted by atomic mass is 35.5. The molecule has 168 valence electrons. The van der Waals surface area contributed by atoms with Crippen LogP contribution in [0.4, 0.5) is 9.93 Å². The number of carbonyl (C=O) groups excluding carboxylic acids is 1. The van der Waals surface area contributed by atoms with E-state index in [4.69, 9.17) is 16.6 Å². The first-order chi connectivity index (χ1) is 15.7. The average molecular weight is 471 g/mol. The Balaban J connectivity index is 1.14. The largest absolute Gasteiger partial charge is 0.344 e. The van der Waals surface area contributed by atoms with Gasteiger partial charge in [-0.25, -0.2) is 9.78 Å². The van der Waals surface area contributed by atoms with E-state index in [9.17, 15) is 4.79 Å². The standard InChI is InChI=1S/C23H27ClN6OS/c24-20-8-6-18(7-9-20)16-21-27-23(32-28-21)30-14-12-29(13-15-30)11-10-25-22(31)26-17-19-4-2-1-3-5-19/h1-9H,10-17H2,(H2,25,26,31). The van der Waals surface area contributed by atoms with Crippen LogP contribution in [0.15, 0.2) is 54.6 Å². The summed E-state index contributed by atoms with van der Waals surface area (Å²) in [7, 11) is 0. The van der Waals surface area contributed by atoms with Crippen LogP contribution in [0.5, 0.6) is 0 Å². The van der Waals surface area contributed by atoms with E-state index in [1.165, 1.54) is 11.5 Å². The second-order valence-electron chi connectivity index (χ2n) is 7.72. The minimum Gasteiger partial charge on any atom is -0.344 e. The van der Waals surface area contributed by atoms with Crippen molar-refractivity contribution in [2.45, 2.75) is 13.0 Å². The van der Waals surface area contributed by atoms with E-state index in [2.05, 4.69) is 24.8 Å². The Morgan fingerprint density at radius 2 is 1.72 bits per heavy atom. The van der Waals surface area contributed by atoms with Crippen LogP contribution < -0.4 is 15.5 Å². The molecule has 0 atom stereocenters. The Bertz CT molecular complexity index is 989. The van der Waals surface area contributed by atoms with Crippen LogP contribution >= 0.6 is 23.1 Å². The van der Waals surface area contributed by atoms with Crippen LogP contribution in [0.25, 0.3) is 0 Å². The lowest BCUT2D eigenvalue weighted by Gasteiger charge is -2.34. The summed E-state index contributed by atoms with van der Waals surface area (Å²) in [5.74, 6) is 0.848. The van der Waals surface area contributed by atoms with Gasteiger partial charge in [0.2, 0.25) is 5.13 Å². The van der Waals surface area contributed by atoms with Crippen LogP contribution in [0, 0.1) is 0 Å². The molecule has 1 aliphatic rings. The zero-order chi connectivity index (χ0) is 22.2. The normalized spacial score (nSPS) is 14.3. The van der Waals surface area contributed by atoms with Crippen LogP contribution in [0.2, 0.25) is 5.02 Å². The quantitative estimate of drug-likeness (QED) is 0.528. The molecule has 1 fully saturated rings. The van der Waals surface area contributed by atoms with Gasteiger partial charge in [-0.3, -0.25) is 4.90 Å². The van der Waals surface area contributed by atoms with E-state index in [1.54, 1.807) is 0 Å². The molecule has 2 N–H and O–H groups in total. The van der Waals surface area contributed by atoms with E-state index in [1.807, 2.05) is 54.6 Å². The number of nitrogens with one attached hydrogen (secondary N) is 2. The molecule has 32 heavy (non-hydrogen) atoms. The molecule has 0 saturated carbocycles. The third-order valence-electron chi connectivity index (χ3n) is 5.39. The van der Waals surface area contributed by atoms with Crippen molar-refractivity contribution in [1.29, 1.82) is 0 Å². The average Bonchev–Trinajstić information content (AvgIpc) is 3.29. The highest BCUT2D eigenvalue weighted by Gasteiger charge is 2.20. The number of rotatable bonds is 8. The first-order valence-corrected chi connectivity index (χ1v) is 11.9. The van der Waals surface area contributed by atoms with Gasteiger partial charge >= 0.3 is 6.03 Å². The number of hydrogen-bond acceptors (Lipinski definition) is 6. The Morgan fingerprint density at radius 1 is 0.969 bits per heavy atom. The van der Waals surface area contributed by atoms with Crippen molar-refractivity contribution in [2.75, 3.05) is 44.2 Å². The summed E-state index contributed by atoms with van der Waals surface area (Å²) in [5, 5.41) is 7.55. The van der Waals surface area contributed by atoms with Crippen LogP contribution in [-0.2, 0) is 13.0 Å². The van der Waals surface area contributed by atoms with Crippen molar-refractivity contribution in [2.24, 2.45) is 0 Å². The summed E-state index contributed by atoms with van der Waals surface area (Å²) < 4.78 is 4.52. The Labute approximate surface area is 197 Å². The molecule has 1 saturated heterocycles. The van der Waals surface area contributed by atoms with Gasteiger partial charge < -0.3 is 15.5 Å². The monoisotopic (exact) mass is 470 g/mol. The molecule has 0 bridgehead atoms. The third-order valence-corrected chi connectivity index (χ3v) is 6.45. The third kappa shape index (κ3) is 6.66. The fourth-order valence-electron chi connectivity index (χ4n) is 3.56. The lowest BCUT2D eigenvalue weighted by Crippen LogP contribution is -2.49. The lowest BCUT2D eigenvalue weighted by molar-refractivity contribution is 0.231. The second kappa shape index (κ2) is 11.3. The summed E-state index contributed by atoms with van der Waals surface area (Å²) >= 11 is 7.41. The van der Waals surface area contributed by atoms with Crippen molar-refractivity contribution in [3.05, 3.63) is 76.6 Å². The SMILES string of the molecule is O=C(NCCN1CCN(c2nc(Cc3ccc(Cl)cc3)ns2)CC1)NCc1ccccc1. The van der Waals surface area contributed by atoms with Gasteiger partial charge in [0.25, 0.3) is 0 Å². The maximum atomic E-state index is 12.0. The Hall–Kier alpha value is -2.68. The maximum Gasteiger partial charge on any atom is 0.315 e. The molecule has 0 spiro atoms. The Morgan fingerprint density at radius 3 is 2.47 bits per heavy atom. The molecule has 0 unspecified atom stereocenters. The number of amides is 2. The van der Waals surface area contributed by atoms with Gasteiger partial charge in [-0.15, -0.1) is 0 Å². The molecule has 9 heteroatoms. The lowest BCUT2D eigenvalue weighted by atomic mass is 10.1. The first-order valence-electron chi connectivity index (χ1n) is 10.8. The number of nitrogens with zero attached hydrogens (tertiary/aromatic N) is 4. The molecule has 1 aliphatic heterocycles. The number of urea groups is 1. The summed E-state index contributed by atoms with van der Waals surface area (Å²) in [6.45, 7) is 5.72. The van der Waals surface area contributed by atoms with Crippen LogP contribution in [0.1, 0.15) is 17.0 Å². The number of anilines is 1. The molecule has 1 aromatic heterocycles. The minimum absolute atomic E-state index is 0.130. The van der Waals surface area contributed by atoms with Crippen molar-refractivity contribution in [1.82, 2.24) is 24.9 Å². The predicted molar refractivity (Wildman–Crippen MR) is 130 cm³/mol. The molecule has 2 aromatic carbocycles. The van der Waals surface area contributed by atoms with Gasteiger partial charge in [-0.05, 0) is 23.3 Å². The number of halogens is 1. The molecule has 2 amide bonds. The van der Waals surface area contributed by atoms with E-state index in [0.29, 0.717) is 19.5 Å². The molecule has 0 radical (unpaired) electrons. The molecule has 7 nitrogen and oxygen atoms in total. The van der Waals surface area contributed by atoms with Crippen molar-refractivity contribution in [3.8, 4) is 0 Å². The summed E-state index contributed by atoms with van der Waals surface area (Å²) in [6.07, 6.45) is 0.714. The van der Waals surface area contributed by atoms with Gasteiger partial charge in [-0.1, -0.05) is 54.1 Å². The van der Waals surface area contributed by atoms with E-state index in [-0.39, 0.29) is 6.03 Å². The predicted octanol–water partition coefficient (Wildman–Crippen LogP) is 3.40. The maximum absolute atomic E-state index is 12.0. The van der Waals surface area contributed by atoms with Crippen LogP contribution in [0.3, 0.4) is 0 Å². The fourth-order valence-corrected chi connectivity index (χ4v) is 4.42. The number of carbonyl (C=O) groups is 1. The van der Waals surface area contributed by atoms with Gasteiger partial charge in [0, 0.05) is 68.8 Å². The highest BCUT2D eigenvalue weighted by molar-refractivity contribution is 7.09. The van der Waals surface area contributed by atoms with E-state index < -0.39 is 0 Å². The highest BCUT2D eigenvalue weighted by Crippen LogP contribution is 2.21. The topological polar surface area (TPSA) is 73.4 Å². The second-order valence-corrected chi connectivity index (χ2v) is 8.89. The van der Waals surface area contributed by atoms with Gasteiger partial charge in [0.15, 0.2) is 0 Å². The summed E-state index contributed by atoms with van der Waals surface area (Å²) in [6, 6.07) is 17.6. The van der Waals surface area contributed by atoms with E-state index in [0.717, 1.165) is 59.8 Å². The first kappa shape index (κ1) is 22.5. The van der Waals surface area contributed by atoms with Crippen LogP contribution in [-0.4, -0.2) is 59.6 Å². The number of benzene rings is 2. The molecule has 2 heterocycles. The summed E-state index contributed by atoms with van der Waals surface area (Å²) in [4.78, 5) is 21.4. The summed E-state index contributed by atoms with van der Waals surface area (Å²) in [5.41, 5.74) is 2.25.